The first kappa shape index (κ1) is 13.4. The van der Waals surface area contributed by atoms with Gasteiger partial charge in [0.25, 0.3) is 0 Å². The van der Waals surface area contributed by atoms with Crippen molar-refractivity contribution in [1.82, 2.24) is 5.32 Å². The van der Waals surface area contributed by atoms with Crippen LogP contribution in [0.25, 0.3) is 0 Å². The van der Waals surface area contributed by atoms with Crippen molar-refractivity contribution in [2.24, 2.45) is 0 Å². The molecule has 102 valence electrons. The average molecular weight is 264 g/mol. The van der Waals surface area contributed by atoms with E-state index in [1.165, 1.54) is 0 Å². The van der Waals surface area contributed by atoms with E-state index in [0.717, 1.165) is 11.3 Å². The van der Waals surface area contributed by atoms with Crippen molar-refractivity contribution in [3.63, 3.8) is 0 Å². The van der Waals surface area contributed by atoms with Crippen LogP contribution in [0.15, 0.2) is 24.3 Å². The fraction of sp³-hybridized carbons (Fsp3) is 0.385. The number of hydrogen-bond donors (Lipinski definition) is 4. The van der Waals surface area contributed by atoms with E-state index >= 15 is 0 Å². The number of benzene rings is 1. The zero-order valence-corrected chi connectivity index (χ0v) is 10.3. The van der Waals surface area contributed by atoms with Crippen LogP contribution >= 0.6 is 0 Å². The van der Waals surface area contributed by atoms with Gasteiger partial charge in [-0.2, -0.15) is 0 Å². The van der Waals surface area contributed by atoms with Crippen LogP contribution in [-0.2, 0) is 9.59 Å². The van der Waals surface area contributed by atoms with Gasteiger partial charge in [0.2, 0.25) is 5.91 Å². The SMILES string of the molecule is O=C(CC1CNc2ccccc21)NCC(O)C(=O)O. The quantitative estimate of drug-likeness (QED) is 0.606. The number of carbonyl (C=O) groups is 2. The molecule has 6 heteroatoms. The first-order valence-electron chi connectivity index (χ1n) is 6.08. The second-order valence-corrected chi connectivity index (χ2v) is 4.53. The zero-order valence-electron chi connectivity index (χ0n) is 10.3. The Kier molecular flexibility index (Phi) is 4.01. The van der Waals surface area contributed by atoms with Gasteiger partial charge in [-0.3, -0.25) is 4.79 Å². The molecule has 0 spiro atoms. The van der Waals surface area contributed by atoms with Crippen molar-refractivity contribution in [2.75, 3.05) is 18.4 Å². The highest BCUT2D eigenvalue weighted by atomic mass is 16.4. The van der Waals surface area contributed by atoms with E-state index in [-0.39, 0.29) is 24.8 Å². The Bertz CT molecular complexity index is 489. The molecule has 0 saturated heterocycles. The standard InChI is InChI=1S/C13H16N2O4/c16-11(13(18)19)7-15-12(17)5-8-6-14-10-4-2-1-3-9(8)10/h1-4,8,11,14,16H,5-7H2,(H,15,17)(H,18,19). The summed E-state index contributed by atoms with van der Waals surface area (Å²) in [6.07, 6.45) is -1.28. The first-order chi connectivity index (χ1) is 9.08. The monoisotopic (exact) mass is 264 g/mol. The normalized spacial score (nSPS) is 18.3. The second kappa shape index (κ2) is 5.71. The van der Waals surface area contributed by atoms with E-state index in [9.17, 15) is 9.59 Å². The van der Waals surface area contributed by atoms with Gasteiger partial charge in [-0.15, -0.1) is 0 Å². The number of aliphatic carboxylic acids is 1. The Morgan fingerprint density at radius 1 is 1.42 bits per heavy atom. The number of carbonyl (C=O) groups excluding carboxylic acids is 1. The average Bonchev–Trinajstić information content (AvgIpc) is 2.79. The van der Waals surface area contributed by atoms with Crippen LogP contribution in [0.1, 0.15) is 17.9 Å². The minimum Gasteiger partial charge on any atom is -0.479 e. The molecule has 1 aliphatic rings. The third-order valence-corrected chi connectivity index (χ3v) is 3.15. The fourth-order valence-electron chi connectivity index (χ4n) is 2.13. The van der Waals surface area contributed by atoms with Gasteiger partial charge < -0.3 is 20.8 Å². The van der Waals surface area contributed by atoms with Crippen molar-refractivity contribution in [3.8, 4) is 0 Å². The highest BCUT2D eigenvalue weighted by Gasteiger charge is 2.24. The smallest absolute Gasteiger partial charge is 0.334 e. The number of carboxylic acid groups (broad SMARTS) is 1. The lowest BCUT2D eigenvalue weighted by atomic mass is 9.97. The third kappa shape index (κ3) is 3.23. The molecule has 0 fully saturated rings. The Labute approximate surface area is 110 Å². The number of para-hydroxylation sites is 1. The number of aliphatic hydroxyl groups excluding tert-OH is 1. The van der Waals surface area contributed by atoms with Crippen LogP contribution in [0.4, 0.5) is 5.69 Å². The van der Waals surface area contributed by atoms with Crippen LogP contribution in [0.3, 0.4) is 0 Å². The lowest BCUT2D eigenvalue weighted by Gasteiger charge is -2.11. The first-order valence-corrected chi connectivity index (χ1v) is 6.08. The Morgan fingerprint density at radius 2 is 2.16 bits per heavy atom. The number of rotatable bonds is 5. The summed E-state index contributed by atoms with van der Waals surface area (Å²) in [6, 6.07) is 7.78. The summed E-state index contributed by atoms with van der Waals surface area (Å²) in [5, 5.41) is 23.2. The van der Waals surface area contributed by atoms with Gasteiger partial charge in [-0.05, 0) is 11.6 Å². The topological polar surface area (TPSA) is 98.7 Å². The van der Waals surface area contributed by atoms with Gasteiger partial charge in [0, 0.05) is 24.6 Å². The molecule has 1 amide bonds. The van der Waals surface area contributed by atoms with E-state index in [2.05, 4.69) is 10.6 Å². The molecule has 0 aliphatic carbocycles. The lowest BCUT2D eigenvalue weighted by molar-refractivity contribution is -0.146. The van der Waals surface area contributed by atoms with Crippen molar-refractivity contribution in [1.29, 1.82) is 0 Å². The fourth-order valence-corrected chi connectivity index (χ4v) is 2.13. The molecule has 0 saturated carbocycles. The maximum absolute atomic E-state index is 11.7. The molecule has 6 nitrogen and oxygen atoms in total. The minimum absolute atomic E-state index is 0.0816. The van der Waals surface area contributed by atoms with Crippen LogP contribution in [0.5, 0.6) is 0 Å². The Morgan fingerprint density at radius 3 is 2.89 bits per heavy atom. The van der Waals surface area contributed by atoms with Gasteiger partial charge in [-0.1, -0.05) is 18.2 Å². The summed E-state index contributed by atoms with van der Waals surface area (Å²) in [5.41, 5.74) is 2.13. The maximum Gasteiger partial charge on any atom is 0.334 e. The van der Waals surface area contributed by atoms with E-state index in [1.807, 2.05) is 24.3 Å². The highest BCUT2D eigenvalue weighted by Crippen LogP contribution is 2.32. The van der Waals surface area contributed by atoms with Crippen molar-refractivity contribution in [2.45, 2.75) is 18.4 Å². The molecule has 2 unspecified atom stereocenters. The number of anilines is 1. The zero-order chi connectivity index (χ0) is 13.8. The van der Waals surface area contributed by atoms with Crippen molar-refractivity contribution < 1.29 is 19.8 Å². The predicted octanol–water partition coefficient (Wildman–Crippen LogP) is 0.147. The van der Waals surface area contributed by atoms with Gasteiger partial charge in [0.15, 0.2) is 6.10 Å². The Balaban J connectivity index is 1.86. The molecular weight excluding hydrogens is 248 g/mol. The molecular formula is C13H16N2O4. The number of carboxylic acids is 1. The van der Waals surface area contributed by atoms with E-state index in [1.54, 1.807) is 0 Å². The third-order valence-electron chi connectivity index (χ3n) is 3.15. The molecule has 2 atom stereocenters. The number of amides is 1. The largest absolute Gasteiger partial charge is 0.479 e. The van der Waals surface area contributed by atoms with Crippen molar-refractivity contribution in [3.05, 3.63) is 29.8 Å². The summed E-state index contributed by atoms with van der Waals surface area (Å²) >= 11 is 0. The summed E-state index contributed by atoms with van der Waals surface area (Å²) in [5.74, 6) is -1.52. The molecule has 0 bridgehead atoms. The van der Waals surface area contributed by atoms with Crippen molar-refractivity contribution >= 4 is 17.6 Å². The van der Waals surface area contributed by atoms with Gasteiger partial charge in [0.1, 0.15) is 0 Å². The van der Waals surface area contributed by atoms with Crippen LogP contribution < -0.4 is 10.6 Å². The molecule has 2 rings (SSSR count). The molecule has 1 aliphatic heterocycles. The number of hydrogen-bond acceptors (Lipinski definition) is 4. The van der Waals surface area contributed by atoms with Crippen LogP contribution in [0, 0.1) is 0 Å². The number of fused-ring (bicyclic) bond motifs is 1. The van der Waals surface area contributed by atoms with E-state index in [0.29, 0.717) is 6.54 Å². The Hall–Kier alpha value is -2.08. The minimum atomic E-state index is -1.56. The van der Waals surface area contributed by atoms with Crippen LogP contribution in [0.2, 0.25) is 0 Å². The van der Waals surface area contributed by atoms with Gasteiger partial charge in [0.05, 0.1) is 6.54 Å². The van der Waals surface area contributed by atoms with Gasteiger partial charge in [-0.25, -0.2) is 4.79 Å². The molecule has 1 heterocycles. The molecule has 1 aromatic carbocycles. The van der Waals surface area contributed by atoms with E-state index in [4.69, 9.17) is 10.2 Å². The number of nitrogens with one attached hydrogen (secondary N) is 2. The highest BCUT2D eigenvalue weighted by molar-refractivity contribution is 5.79. The predicted molar refractivity (Wildman–Crippen MR) is 68.9 cm³/mol. The molecule has 0 radical (unpaired) electrons. The summed E-state index contributed by atoms with van der Waals surface area (Å²) < 4.78 is 0. The molecule has 0 aromatic heterocycles. The molecule has 19 heavy (non-hydrogen) atoms. The van der Waals surface area contributed by atoms with Gasteiger partial charge >= 0.3 is 5.97 Å². The summed E-state index contributed by atoms with van der Waals surface area (Å²) in [4.78, 5) is 22.1. The molecule has 1 aromatic rings. The van der Waals surface area contributed by atoms with E-state index < -0.39 is 12.1 Å². The summed E-state index contributed by atoms with van der Waals surface area (Å²) in [6.45, 7) is 0.421. The van der Waals surface area contributed by atoms with Crippen LogP contribution in [-0.4, -0.2) is 41.3 Å². The molecule has 4 N–H and O–H groups in total. The lowest BCUT2D eigenvalue weighted by Crippen LogP contribution is -2.37. The maximum atomic E-state index is 11.7. The summed E-state index contributed by atoms with van der Waals surface area (Å²) in [7, 11) is 0. The number of aliphatic hydroxyl groups is 1. The second-order valence-electron chi connectivity index (χ2n) is 4.53.